The minimum absolute atomic E-state index is 0.0107. The van der Waals surface area contributed by atoms with Crippen LogP contribution in [0.15, 0.2) is 54.8 Å². The van der Waals surface area contributed by atoms with Crippen LogP contribution >= 0.6 is 0 Å². The van der Waals surface area contributed by atoms with Crippen molar-refractivity contribution in [1.82, 2.24) is 0 Å². The van der Waals surface area contributed by atoms with E-state index in [-0.39, 0.29) is 17.5 Å². The maximum Gasteiger partial charge on any atom is 0.429 e. The molecule has 0 bridgehead atoms. The van der Waals surface area contributed by atoms with Crippen LogP contribution in [-0.2, 0) is 23.7 Å². The lowest BCUT2D eigenvalue weighted by Crippen LogP contribution is -2.20. The Hall–Kier alpha value is -3.09. The molecular weight excluding hydrogens is 427 g/mol. The fourth-order valence-corrected chi connectivity index (χ4v) is 3.37. The third-order valence-corrected chi connectivity index (χ3v) is 5.13. The second-order valence-electron chi connectivity index (χ2n) is 7.53. The lowest BCUT2D eigenvalue weighted by atomic mass is 9.95. The predicted molar refractivity (Wildman–Crippen MR) is 112 cm³/mol. The standard InChI is InChI=1S/C25H23F5O2/c1-5-7-16-12-18-13-17-10-11-19(21(27)23(17)31-24(18)22(28)20(16)26)25(29,30)32-15(4)9-8-14(3)6-2/h8-12H,3-7,13H2,1-2H3/b9-8-. The van der Waals surface area contributed by atoms with Crippen LogP contribution in [-0.4, -0.2) is 0 Å². The summed E-state index contributed by atoms with van der Waals surface area (Å²) >= 11 is 0. The van der Waals surface area contributed by atoms with Crippen LogP contribution < -0.4 is 4.74 Å². The second-order valence-corrected chi connectivity index (χ2v) is 7.53. The number of allylic oxidation sites excluding steroid dienone is 3. The van der Waals surface area contributed by atoms with Gasteiger partial charge in [-0.05, 0) is 36.6 Å². The van der Waals surface area contributed by atoms with Crippen LogP contribution in [0.1, 0.15) is 48.9 Å². The molecule has 0 aromatic heterocycles. The number of aryl methyl sites for hydroxylation is 1. The van der Waals surface area contributed by atoms with Crippen LogP contribution in [0.4, 0.5) is 22.0 Å². The highest BCUT2D eigenvalue weighted by atomic mass is 19.3. The summed E-state index contributed by atoms with van der Waals surface area (Å²) in [6.07, 6.45) is 0.135. The summed E-state index contributed by atoms with van der Waals surface area (Å²) in [6.45, 7) is 10.8. The molecule has 1 aliphatic rings. The summed E-state index contributed by atoms with van der Waals surface area (Å²) in [4.78, 5) is 0. The molecule has 7 heteroatoms. The molecule has 0 saturated carbocycles. The topological polar surface area (TPSA) is 18.5 Å². The number of fused-ring (bicyclic) bond motifs is 2. The van der Waals surface area contributed by atoms with Crippen LogP contribution in [0.5, 0.6) is 11.5 Å². The molecule has 0 N–H and O–H groups in total. The Kier molecular flexibility index (Phi) is 6.77. The molecule has 2 nitrogen and oxygen atoms in total. The minimum Gasteiger partial charge on any atom is -0.450 e. The van der Waals surface area contributed by atoms with Crippen molar-refractivity contribution in [3.8, 4) is 11.5 Å². The highest BCUT2D eigenvalue weighted by Gasteiger charge is 2.40. The van der Waals surface area contributed by atoms with Gasteiger partial charge in [0.15, 0.2) is 23.1 Å². The Morgan fingerprint density at radius 2 is 1.72 bits per heavy atom. The maximum atomic E-state index is 15.0. The number of benzene rings is 2. The van der Waals surface area contributed by atoms with E-state index in [1.165, 1.54) is 24.3 Å². The first-order valence-corrected chi connectivity index (χ1v) is 10.2. The molecule has 0 radical (unpaired) electrons. The molecule has 0 saturated heterocycles. The highest BCUT2D eigenvalue weighted by molar-refractivity contribution is 5.54. The number of halogens is 5. The normalized spacial score (nSPS) is 12.8. The molecular formula is C25H23F5O2. The molecule has 32 heavy (non-hydrogen) atoms. The van der Waals surface area contributed by atoms with Gasteiger partial charge in [0.2, 0.25) is 5.82 Å². The van der Waals surface area contributed by atoms with Crippen molar-refractivity contribution in [2.45, 2.75) is 45.6 Å². The summed E-state index contributed by atoms with van der Waals surface area (Å²) in [5.41, 5.74) is 0.310. The average molecular weight is 450 g/mol. The molecule has 0 amide bonds. The van der Waals surface area contributed by atoms with Crippen molar-refractivity contribution in [2.75, 3.05) is 0 Å². The Morgan fingerprint density at radius 1 is 1.03 bits per heavy atom. The number of hydrogen-bond acceptors (Lipinski definition) is 2. The van der Waals surface area contributed by atoms with Crippen molar-refractivity contribution in [2.24, 2.45) is 0 Å². The summed E-state index contributed by atoms with van der Waals surface area (Å²) in [5, 5.41) is 0. The lowest BCUT2D eigenvalue weighted by molar-refractivity contribution is -0.222. The third kappa shape index (κ3) is 4.56. The van der Waals surface area contributed by atoms with Gasteiger partial charge in [-0.15, -0.1) is 0 Å². The molecule has 0 spiro atoms. The molecule has 2 aromatic rings. The molecule has 1 aliphatic heterocycles. The van der Waals surface area contributed by atoms with Gasteiger partial charge in [0, 0.05) is 17.5 Å². The predicted octanol–water partition coefficient (Wildman–Crippen LogP) is 7.85. The average Bonchev–Trinajstić information content (AvgIpc) is 2.74. The molecule has 170 valence electrons. The quantitative estimate of drug-likeness (QED) is 0.198. The van der Waals surface area contributed by atoms with Gasteiger partial charge in [-0.2, -0.15) is 13.2 Å². The largest absolute Gasteiger partial charge is 0.450 e. The SMILES string of the molecule is C=C(/C=C\C(=C)OC(F)(F)c1ccc2c(c1F)Oc1c(cc(CCC)c(F)c1F)C2)CC. The van der Waals surface area contributed by atoms with Gasteiger partial charge in [-0.1, -0.05) is 51.1 Å². The molecule has 0 aliphatic carbocycles. The zero-order chi connectivity index (χ0) is 23.6. The smallest absolute Gasteiger partial charge is 0.429 e. The van der Waals surface area contributed by atoms with E-state index < -0.39 is 46.4 Å². The van der Waals surface area contributed by atoms with E-state index in [0.717, 1.165) is 6.07 Å². The Labute approximate surface area is 183 Å². The van der Waals surface area contributed by atoms with Gasteiger partial charge in [-0.25, -0.2) is 8.78 Å². The number of rotatable bonds is 8. The van der Waals surface area contributed by atoms with E-state index in [1.807, 2.05) is 13.8 Å². The summed E-state index contributed by atoms with van der Waals surface area (Å²) in [6, 6.07) is 3.60. The first kappa shape index (κ1) is 23.6. The summed E-state index contributed by atoms with van der Waals surface area (Å²) in [7, 11) is 0. The van der Waals surface area contributed by atoms with Crippen molar-refractivity contribution >= 4 is 0 Å². The van der Waals surface area contributed by atoms with Gasteiger partial charge >= 0.3 is 6.11 Å². The van der Waals surface area contributed by atoms with Crippen molar-refractivity contribution in [3.63, 3.8) is 0 Å². The Morgan fingerprint density at radius 3 is 2.38 bits per heavy atom. The van der Waals surface area contributed by atoms with Gasteiger partial charge in [0.1, 0.15) is 11.3 Å². The van der Waals surface area contributed by atoms with Crippen molar-refractivity contribution in [1.29, 1.82) is 0 Å². The van der Waals surface area contributed by atoms with E-state index in [2.05, 4.69) is 17.9 Å². The van der Waals surface area contributed by atoms with Gasteiger partial charge in [0.25, 0.3) is 0 Å². The Balaban J connectivity index is 1.93. The van der Waals surface area contributed by atoms with Gasteiger partial charge in [0.05, 0.1) is 0 Å². The molecule has 0 atom stereocenters. The number of ether oxygens (including phenoxy) is 2. The summed E-state index contributed by atoms with van der Waals surface area (Å²) in [5.74, 6) is -5.24. The number of hydrogen-bond donors (Lipinski definition) is 0. The number of alkyl halides is 2. The van der Waals surface area contributed by atoms with Crippen LogP contribution in [0.3, 0.4) is 0 Å². The van der Waals surface area contributed by atoms with Crippen molar-refractivity contribution < 1.29 is 31.4 Å². The van der Waals surface area contributed by atoms with E-state index in [1.54, 1.807) is 0 Å². The van der Waals surface area contributed by atoms with Crippen LogP contribution in [0, 0.1) is 17.5 Å². The fraction of sp³-hybridized carbons (Fsp3) is 0.280. The van der Waals surface area contributed by atoms with Crippen LogP contribution in [0.2, 0.25) is 0 Å². The lowest BCUT2D eigenvalue weighted by Gasteiger charge is -2.25. The van der Waals surface area contributed by atoms with Crippen LogP contribution in [0.25, 0.3) is 0 Å². The molecule has 3 rings (SSSR count). The minimum atomic E-state index is -4.08. The van der Waals surface area contributed by atoms with E-state index in [4.69, 9.17) is 4.74 Å². The molecule has 1 heterocycles. The van der Waals surface area contributed by atoms with E-state index >= 15 is 4.39 Å². The first-order valence-electron chi connectivity index (χ1n) is 10.2. The van der Waals surface area contributed by atoms with E-state index in [9.17, 15) is 17.6 Å². The highest BCUT2D eigenvalue weighted by Crippen LogP contribution is 2.45. The first-order chi connectivity index (χ1) is 15.1. The van der Waals surface area contributed by atoms with E-state index in [0.29, 0.717) is 30.4 Å². The molecule has 2 aromatic carbocycles. The molecule has 0 unspecified atom stereocenters. The van der Waals surface area contributed by atoms with Gasteiger partial charge < -0.3 is 9.47 Å². The van der Waals surface area contributed by atoms with Crippen molar-refractivity contribution in [3.05, 3.63) is 94.5 Å². The fourth-order valence-electron chi connectivity index (χ4n) is 3.37. The molecule has 0 fully saturated rings. The maximum absolute atomic E-state index is 15.0. The second kappa shape index (κ2) is 9.18. The Bertz CT molecular complexity index is 1100. The zero-order valence-electron chi connectivity index (χ0n) is 17.8. The third-order valence-electron chi connectivity index (χ3n) is 5.13. The summed E-state index contributed by atoms with van der Waals surface area (Å²) < 4.78 is 83.0. The zero-order valence-corrected chi connectivity index (χ0v) is 17.8. The monoisotopic (exact) mass is 450 g/mol. The van der Waals surface area contributed by atoms with Gasteiger partial charge in [-0.3, -0.25) is 0 Å².